The van der Waals surface area contributed by atoms with Crippen LogP contribution in [0.5, 0.6) is 0 Å². The van der Waals surface area contributed by atoms with Crippen LogP contribution in [0, 0.1) is 5.92 Å². The van der Waals surface area contributed by atoms with Gasteiger partial charge in [0.1, 0.15) is 0 Å². The van der Waals surface area contributed by atoms with Crippen molar-refractivity contribution >= 4 is 50.3 Å². The summed E-state index contributed by atoms with van der Waals surface area (Å²) >= 11 is 0. The number of benzene rings is 4. The number of anilines is 1. The predicted molar refractivity (Wildman–Crippen MR) is 179 cm³/mol. The quantitative estimate of drug-likeness (QED) is 0.131. The van der Waals surface area contributed by atoms with E-state index in [1.54, 1.807) is 0 Å². The van der Waals surface area contributed by atoms with Gasteiger partial charge in [0.05, 0.1) is 6.61 Å². The van der Waals surface area contributed by atoms with Gasteiger partial charge in [-0.3, -0.25) is 4.79 Å². The second-order valence-corrected chi connectivity index (χ2v) is 11.8. The number of fused-ring (bicyclic) bond motifs is 4. The molecule has 1 aliphatic heterocycles. The molecule has 1 unspecified atom stereocenters. The number of unbranched alkanes of at least 4 members (excludes halogenated alkanes) is 3. The Balaban J connectivity index is 1.64. The standard InChI is InChI=1S/C38H44N2O3/c1-5-7-8-9-20-32(41)39-24-23-28-17-12-16-27-21-22-31-36(34(27)28)33(25(3)4)35(37(40-31)38(42)43-6-2)30-19-13-15-26-14-10-11-18-29(26)30/h10-19,21-22,25,37,40H,5-9,20,23-24H2,1-4H3,(H,39,41). The summed E-state index contributed by atoms with van der Waals surface area (Å²) < 4.78 is 5.64. The molecule has 1 heterocycles. The average molecular weight is 577 g/mol. The first-order valence-electron chi connectivity index (χ1n) is 15.9. The van der Waals surface area contributed by atoms with Crippen molar-refractivity contribution in [2.75, 3.05) is 18.5 Å². The first-order valence-corrected chi connectivity index (χ1v) is 15.9. The molecule has 0 saturated carbocycles. The minimum absolute atomic E-state index is 0.123. The monoisotopic (exact) mass is 576 g/mol. The molecule has 0 fully saturated rings. The fourth-order valence-corrected chi connectivity index (χ4v) is 6.48. The molecule has 0 radical (unpaired) electrons. The van der Waals surface area contributed by atoms with Gasteiger partial charge in [0, 0.05) is 24.2 Å². The van der Waals surface area contributed by atoms with Crippen LogP contribution in [0.4, 0.5) is 5.69 Å². The number of carbonyl (C=O) groups is 2. The fraction of sp³-hybridized carbons (Fsp3) is 0.368. The summed E-state index contributed by atoms with van der Waals surface area (Å²) in [7, 11) is 0. The Labute approximate surface area is 255 Å². The van der Waals surface area contributed by atoms with Crippen LogP contribution in [0.3, 0.4) is 0 Å². The maximum Gasteiger partial charge on any atom is 0.333 e. The second-order valence-electron chi connectivity index (χ2n) is 11.8. The van der Waals surface area contributed by atoms with Crippen molar-refractivity contribution in [2.45, 2.75) is 72.3 Å². The molecule has 5 heteroatoms. The molecular weight excluding hydrogens is 532 g/mol. The Hall–Kier alpha value is -4.12. The van der Waals surface area contributed by atoms with Crippen molar-refractivity contribution in [1.82, 2.24) is 5.32 Å². The highest BCUT2D eigenvalue weighted by atomic mass is 16.5. The van der Waals surface area contributed by atoms with E-state index in [2.05, 4.69) is 98.1 Å². The largest absolute Gasteiger partial charge is 0.464 e. The van der Waals surface area contributed by atoms with Crippen LogP contribution in [0.15, 0.2) is 72.8 Å². The Kier molecular flexibility index (Phi) is 9.81. The summed E-state index contributed by atoms with van der Waals surface area (Å²) in [5.74, 6) is -0.0178. The SMILES string of the molecule is CCCCCCC(=O)NCCc1cccc2ccc3c(c12)C(C(C)C)=C(c1cccc2ccccc12)C(C(=O)OCC)N3. The zero-order chi connectivity index (χ0) is 30.3. The molecule has 43 heavy (non-hydrogen) atoms. The van der Waals surface area contributed by atoms with E-state index in [-0.39, 0.29) is 17.8 Å². The zero-order valence-electron chi connectivity index (χ0n) is 26.0. The van der Waals surface area contributed by atoms with Gasteiger partial charge in [0.15, 0.2) is 6.04 Å². The maximum absolute atomic E-state index is 13.6. The van der Waals surface area contributed by atoms with E-state index in [0.717, 1.165) is 69.8 Å². The molecule has 1 atom stereocenters. The molecular formula is C38H44N2O3. The average Bonchev–Trinajstić information content (AvgIpc) is 3.01. The normalized spacial score (nSPS) is 14.6. The Morgan fingerprint density at radius 2 is 1.65 bits per heavy atom. The van der Waals surface area contributed by atoms with E-state index in [1.165, 1.54) is 17.4 Å². The predicted octanol–water partition coefficient (Wildman–Crippen LogP) is 8.55. The number of ether oxygens (including phenoxy) is 1. The van der Waals surface area contributed by atoms with E-state index < -0.39 is 6.04 Å². The summed E-state index contributed by atoms with van der Waals surface area (Å²) in [6, 6.07) is 24.7. The van der Waals surface area contributed by atoms with E-state index >= 15 is 0 Å². The first-order chi connectivity index (χ1) is 20.9. The molecule has 0 bridgehead atoms. The number of esters is 1. The smallest absolute Gasteiger partial charge is 0.333 e. The van der Waals surface area contributed by atoms with Crippen molar-refractivity contribution in [1.29, 1.82) is 0 Å². The highest BCUT2D eigenvalue weighted by Crippen LogP contribution is 2.47. The van der Waals surface area contributed by atoms with Gasteiger partial charge in [-0.1, -0.05) is 107 Å². The van der Waals surface area contributed by atoms with Gasteiger partial charge >= 0.3 is 5.97 Å². The number of carbonyl (C=O) groups excluding carboxylic acids is 2. The highest BCUT2D eigenvalue weighted by molar-refractivity contribution is 6.17. The molecule has 1 aliphatic rings. The molecule has 4 aromatic carbocycles. The summed E-state index contributed by atoms with van der Waals surface area (Å²) in [6.45, 7) is 9.35. The lowest BCUT2D eigenvalue weighted by atomic mass is 9.77. The molecule has 0 aromatic heterocycles. The van der Waals surface area contributed by atoms with Crippen molar-refractivity contribution in [2.24, 2.45) is 5.92 Å². The third kappa shape index (κ3) is 6.46. The van der Waals surface area contributed by atoms with Crippen molar-refractivity contribution in [3.63, 3.8) is 0 Å². The third-order valence-corrected chi connectivity index (χ3v) is 8.43. The van der Waals surface area contributed by atoms with Gasteiger partial charge in [-0.05, 0) is 75.6 Å². The minimum atomic E-state index is -0.632. The van der Waals surface area contributed by atoms with Crippen LogP contribution in [0.25, 0.3) is 32.7 Å². The number of nitrogens with one attached hydrogen (secondary N) is 2. The van der Waals surface area contributed by atoms with E-state index in [9.17, 15) is 9.59 Å². The molecule has 0 saturated heterocycles. The third-order valence-electron chi connectivity index (χ3n) is 8.43. The van der Waals surface area contributed by atoms with E-state index in [4.69, 9.17) is 4.74 Å². The van der Waals surface area contributed by atoms with Crippen LogP contribution in [0.2, 0.25) is 0 Å². The molecule has 4 aromatic rings. The van der Waals surface area contributed by atoms with Crippen LogP contribution in [-0.4, -0.2) is 31.1 Å². The van der Waals surface area contributed by atoms with Gasteiger partial charge in [0.2, 0.25) is 5.91 Å². The van der Waals surface area contributed by atoms with Crippen molar-refractivity contribution in [3.8, 4) is 0 Å². The fourth-order valence-electron chi connectivity index (χ4n) is 6.48. The van der Waals surface area contributed by atoms with Gasteiger partial charge in [-0.2, -0.15) is 0 Å². The van der Waals surface area contributed by atoms with Gasteiger partial charge < -0.3 is 15.4 Å². The molecule has 0 spiro atoms. The number of allylic oxidation sites excluding steroid dienone is 1. The lowest BCUT2D eigenvalue weighted by Gasteiger charge is -2.34. The number of rotatable bonds is 12. The Bertz CT molecular complexity index is 1650. The van der Waals surface area contributed by atoms with Crippen LogP contribution in [0.1, 0.15) is 76.5 Å². The van der Waals surface area contributed by atoms with Gasteiger partial charge in [-0.15, -0.1) is 0 Å². The van der Waals surface area contributed by atoms with Crippen LogP contribution >= 0.6 is 0 Å². The molecule has 2 N–H and O–H groups in total. The maximum atomic E-state index is 13.6. The lowest BCUT2D eigenvalue weighted by molar-refractivity contribution is -0.142. The van der Waals surface area contributed by atoms with Gasteiger partial charge in [-0.25, -0.2) is 4.79 Å². The Morgan fingerprint density at radius 1 is 0.884 bits per heavy atom. The van der Waals surface area contributed by atoms with Gasteiger partial charge in [0.25, 0.3) is 0 Å². The molecule has 0 aliphatic carbocycles. The number of hydrogen-bond acceptors (Lipinski definition) is 4. The Morgan fingerprint density at radius 3 is 2.44 bits per heavy atom. The summed E-state index contributed by atoms with van der Waals surface area (Å²) in [6.07, 6.45) is 5.68. The molecule has 5 rings (SSSR count). The molecule has 224 valence electrons. The van der Waals surface area contributed by atoms with Crippen LogP contribution < -0.4 is 10.6 Å². The molecule has 5 nitrogen and oxygen atoms in total. The summed E-state index contributed by atoms with van der Waals surface area (Å²) in [5, 5.41) is 11.3. The highest BCUT2D eigenvalue weighted by Gasteiger charge is 2.36. The minimum Gasteiger partial charge on any atom is -0.464 e. The number of amides is 1. The second kappa shape index (κ2) is 13.9. The van der Waals surface area contributed by atoms with E-state index in [1.807, 2.05) is 13.0 Å². The lowest BCUT2D eigenvalue weighted by Crippen LogP contribution is -2.36. The summed E-state index contributed by atoms with van der Waals surface area (Å²) in [5.41, 5.74) is 6.43. The van der Waals surface area contributed by atoms with E-state index in [0.29, 0.717) is 19.6 Å². The number of hydrogen-bond donors (Lipinski definition) is 2. The summed E-state index contributed by atoms with van der Waals surface area (Å²) in [4.78, 5) is 26.1. The topological polar surface area (TPSA) is 67.4 Å². The van der Waals surface area contributed by atoms with Crippen LogP contribution in [-0.2, 0) is 20.7 Å². The molecule has 1 amide bonds. The first kappa shape index (κ1) is 30.3. The van der Waals surface area contributed by atoms with Crippen molar-refractivity contribution < 1.29 is 14.3 Å². The van der Waals surface area contributed by atoms with Crippen molar-refractivity contribution in [3.05, 3.63) is 89.5 Å². The zero-order valence-corrected chi connectivity index (χ0v) is 26.0.